The topological polar surface area (TPSA) is 59.8 Å². The summed E-state index contributed by atoms with van der Waals surface area (Å²) >= 11 is 0. The normalized spacial score (nSPS) is 24.7. The summed E-state index contributed by atoms with van der Waals surface area (Å²) < 4.78 is 5.29. The maximum atomic E-state index is 12.7. The molecule has 0 aliphatic carbocycles. The molecule has 0 atom stereocenters. The standard InChI is InChI=1S/C19H30N4O2/c1-19(2,23-10-8-21(9-11-23)17-14-25-15-17)12-16(13-20)18(24)22-6-4-3-5-7-22/h12,17H,3-11,14-15H2,1-2H3/b16-12+. The lowest BCUT2D eigenvalue weighted by Gasteiger charge is -2.46. The summed E-state index contributed by atoms with van der Waals surface area (Å²) in [4.78, 5) is 19.4. The second-order valence-electron chi connectivity index (χ2n) is 7.89. The number of likely N-dealkylation sites (tertiary alicyclic amines) is 1. The first-order chi connectivity index (χ1) is 12.0. The molecular weight excluding hydrogens is 316 g/mol. The van der Waals surface area contributed by atoms with Crippen LogP contribution in [0.1, 0.15) is 33.1 Å². The van der Waals surface area contributed by atoms with Gasteiger partial charge in [-0.2, -0.15) is 5.26 Å². The van der Waals surface area contributed by atoms with Gasteiger partial charge in [0.25, 0.3) is 5.91 Å². The van der Waals surface area contributed by atoms with Crippen molar-refractivity contribution < 1.29 is 9.53 Å². The Bertz CT molecular complexity index is 548. The Labute approximate surface area is 151 Å². The van der Waals surface area contributed by atoms with Crippen molar-refractivity contribution in [1.29, 1.82) is 5.26 Å². The van der Waals surface area contributed by atoms with Crippen LogP contribution in [0, 0.1) is 11.3 Å². The van der Waals surface area contributed by atoms with Crippen molar-refractivity contribution in [3.05, 3.63) is 11.6 Å². The van der Waals surface area contributed by atoms with E-state index in [2.05, 4.69) is 29.7 Å². The quantitative estimate of drug-likeness (QED) is 0.566. The summed E-state index contributed by atoms with van der Waals surface area (Å²) in [6.45, 7) is 11.4. The van der Waals surface area contributed by atoms with Crippen LogP contribution < -0.4 is 0 Å². The van der Waals surface area contributed by atoms with E-state index in [0.717, 1.165) is 65.3 Å². The molecule has 1 amide bonds. The minimum atomic E-state index is -0.293. The second-order valence-corrected chi connectivity index (χ2v) is 7.89. The number of carbonyl (C=O) groups is 1. The average molecular weight is 346 g/mol. The zero-order chi connectivity index (χ0) is 17.9. The van der Waals surface area contributed by atoms with E-state index in [-0.39, 0.29) is 11.4 Å². The lowest BCUT2D eigenvalue weighted by atomic mass is 9.96. The van der Waals surface area contributed by atoms with E-state index >= 15 is 0 Å². The molecule has 0 aromatic rings. The lowest BCUT2D eigenvalue weighted by Crippen LogP contribution is -2.59. The van der Waals surface area contributed by atoms with Crippen LogP contribution >= 0.6 is 0 Å². The number of rotatable bonds is 4. The molecule has 0 radical (unpaired) electrons. The maximum absolute atomic E-state index is 12.7. The second kappa shape index (κ2) is 7.86. The van der Waals surface area contributed by atoms with Crippen molar-refractivity contribution in [2.75, 3.05) is 52.5 Å². The number of hydrogen-bond acceptors (Lipinski definition) is 5. The van der Waals surface area contributed by atoms with Crippen LogP contribution in [0.25, 0.3) is 0 Å². The molecular formula is C19H30N4O2. The van der Waals surface area contributed by atoms with Gasteiger partial charge in [0.05, 0.1) is 19.3 Å². The molecule has 0 aromatic carbocycles. The minimum Gasteiger partial charge on any atom is -0.378 e. The van der Waals surface area contributed by atoms with E-state index in [1.54, 1.807) is 0 Å². The fourth-order valence-electron chi connectivity index (χ4n) is 3.95. The molecule has 3 saturated heterocycles. The molecule has 6 nitrogen and oxygen atoms in total. The third kappa shape index (κ3) is 4.22. The Morgan fingerprint density at radius 2 is 1.72 bits per heavy atom. The highest BCUT2D eigenvalue weighted by Gasteiger charge is 2.34. The predicted molar refractivity (Wildman–Crippen MR) is 96.0 cm³/mol. The van der Waals surface area contributed by atoms with Crippen LogP contribution in [0.2, 0.25) is 0 Å². The molecule has 0 bridgehead atoms. The summed E-state index contributed by atoms with van der Waals surface area (Å²) in [6.07, 6.45) is 5.14. The van der Waals surface area contributed by atoms with Crippen LogP contribution in [0.5, 0.6) is 0 Å². The summed E-state index contributed by atoms with van der Waals surface area (Å²) in [5.74, 6) is -0.0967. The van der Waals surface area contributed by atoms with Gasteiger partial charge in [-0.15, -0.1) is 0 Å². The summed E-state index contributed by atoms with van der Waals surface area (Å²) in [6, 6.07) is 2.74. The van der Waals surface area contributed by atoms with E-state index in [1.807, 2.05) is 11.0 Å². The Hall–Kier alpha value is -1.42. The molecule has 25 heavy (non-hydrogen) atoms. The number of hydrogen-bond donors (Lipinski definition) is 0. The first kappa shape index (κ1) is 18.4. The lowest BCUT2D eigenvalue weighted by molar-refractivity contribution is -0.127. The summed E-state index contributed by atoms with van der Waals surface area (Å²) in [7, 11) is 0. The van der Waals surface area contributed by atoms with Crippen molar-refractivity contribution in [1.82, 2.24) is 14.7 Å². The number of piperazine rings is 1. The number of piperidine rings is 1. The van der Waals surface area contributed by atoms with E-state index in [4.69, 9.17) is 4.74 Å². The molecule has 6 heteroatoms. The number of carbonyl (C=O) groups excluding carboxylic acids is 1. The van der Waals surface area contributed by atoms with Crippen molar-refractivity contribution >= 4 is 5.91 Å². The van der Waals surface area contributed by atoms with E-state index in [1.165, 1.54) is 6.42 Å². The molecule has 138 valence electrons. The highest BCUT2D eigenvalue weighted by atomic mass is 16.5. The number of ether oxygens (including phenoxy) is 1. The highest BCUT2D eigenvalue weighted by molar-refractivity contribution is 5.97. The first-order valence-electron chi connectivity index (χ1n) is 9.50. The summed E-state index contributed by atoms with van der Waals surface area (Å²) in [5.41, 5.74) is 0.000319. The molecule has 3 aliphatic rings. The summed E-state index contributed by atoms with van der Waals surface area (Å²) in [5, 5.41) is 9.54. The molecule has 0 unspecified atom stereocenters. The van der Waals surface area contributed by atoms with Gasteiger partial charge in [-0.25, -0.2) is 0 Å². The predicted octanol–water partition coefficient (Wildman–Crippen LogP) is 1.24. The van der Waals surface area contributed by atoms with Gasteiger partial charge < -0.3 is 9.64 Å². The van der Waals surface area contributed by atoms with Gasteiger partial charge in [-0.3, -0.25) is 14.6 Å². The fraction of sp³-hybridized carbons (Fsp3) is 0.789. The van der Waals surface area contributed by atoms with Crippen LogP contribution in [0.15, 0.2) is 11.6 Å². The van der Waals surface area contributed by atoms with Crippen LogP contribution in [-0.4, -0.2) is 84.7 Å². The van der Waals surface area contributed by atoms with Gasteiger partial charge in [-0.05, 0) is 39.2 Å². The monoisotopic (exact) mass is 346 g/mol. The number of amides is 1. The van der Waals surface area contributed by atoms with Crippen molar-refractivity contribution in [2.45, 2.75) is 44.7 Å². The third-order valence-corrected chi connectivity index (χ3v) is 5.76. The fourth-order valence-corrected chi connectivity index (χ4v) is 3.95. The highest BCUT2D eigenvalue weighted by Crippen LogP contribution is 2.23. The van der Waals surface area contributed by atoms with Crippen molar-refractivity contribution in [3.63, 3.8) is 0 Å². The van der Waals surface area contributed by atoms with E-state index in [0.29, 0.717) is 11.6 Å². The van der Waals surface area contributed by atoms with Crippen molar-refractivity contribution in [3.8, 4) is 6.07 Å². The first-order valence-corrected chi connectivity index (χ1v) is 9.50. The molecule has 0 N–H and O–H groups in total. The molecule has 3 aliphatic heterocycles. The van der Waals surface area contributed by atoms with Crippen molar-refractivity contribution in [2.24, 2.45) is 0 Å². The zero-order valence-electron chi connectivity index (χ0n) is 15.5. The van der Waals surface area contributed by atoms with Gasteiger partial charge in [-0.1, -0.05) is 0 Å². The van der Waals surface area contributed by atoms with Crippen LogP contribution in [0.3, 0.4) is 0 Å². The van der Waals surface area contributed by atoms with Gasteiger partial charge in [0.15, 0.2) is 0 Å². The third-order valence-electron chi connectivity index (χ3n) is 5.76. The maximum Gasteiger partial charge on any atom is 0.264 e. The zero-order valence-corrected chi connectivity index (χ0v) is 15.5. The van der Waals surface area contributed by atoms with Crippen LogP contribution in [-0.2, 0) is 9.53 Å². The van der Waals surface area contributed by atoms with E-state index in [9.17, 15) is 10.1 Å². The Morgan fingerprint density at radius 1 is 1.08 bits per heavy atom. The molecule has 0 saturated carbocycles. The Morgan fingerprint density at radius 3 is 2.24 bits per heavy atom. The molecule has 0 spiro atoms. The average Bonchev–Trinajstić information content (AvgIpc) is 2.59. The molecule has 3 heterocycles. The number of nitrogens with zero attached hydrogens (tertiary/aromatic N) is 4. The Kier molecular flexibility index (Phi) is 5.78. The molecule has 0 aromatic heterocycles. The van der Waals surface area contributed by atoms with E-state index < -0.39 is 0 Å². The minimum absolute atomic E-state index is 0.0967. The molecule has 3 fully saturated rings. The molecule has 3 rings (SSSR count). The Balaban J connectivity index is 1.62. The van der Waals surface area contributed by atoms with Gasteiger partial charge in [0, 0.05) is 44.8 Å². The van der Waals surface area contributed by atoms with Gasteiger partial charge in [0.2, 0.25) is 0 Å². The van der Waals surface area contributed by atoms with Crippen LogP contribution in [0.4, 0.5) is 0 Å². The van der Waals surface area contributed by atoms with Gasteiger partial charge in [0.1, 0.15) is 11.6 Å². The largest absolute Gasteiger partial charge is 0.378 e. The smallest absolute Gasteiger partial charge is 0.264 e. The van der Waals surface area contributed by atoms with Gasteiger partial charge >= 0.3 is 0 Å². The number of nitriles is 1. The SMILES string of the molecule is CC(C)(/C=C(\C#N)C(=O)N1CCCCC1)N1CCN(C2COC2)CC1.